The van der Waals surface area contributed by atoms with Crippen LogP contribution in [0.2, 0.25) is 0 Å². The number of nitrogens with one attached hydrogen (secondary N) is 2. The Hall–Kier alpha value is -4.27. The van der Waals surface area contributed by atoms with Gasteiger partial charge in [-0.15, -0.1) is 0 Å². The summed E-state index contributed by atoms with van der Waals surface area (Å²) in [6.45, 7) is 1.26. The van der Waals surface area contributed by atoms with Crippen LogP contribution in [-0.2, 0) is 0 Å². The van der Waals surface area contributed by atoms with Gasteiger partial charge in [-0.25, -0.2) is 4.39 Å². The van der Waals surface area contributed by atoms with Crippen LogP contribution in [0.5, 0.6) is 5.75 Å². The number of benzene rings is 3. The summed E-state index contributed by atoms with van der Waals surface area (Å²) in [5.74, 6) is -1.60. The van der Waals surface area contributed by atoms with Crippen molar-refractivity contribution in [3.8, 4) is 5.75 Å². The number of hydrogen-bond acceptors (Lipinski definition) is 5. The molecule has 31 heavy (non-hydrogen) atoms. The maximum absolute atomic E-state index is 14.1. The Morgan fingerprint density at radius 1 is 1.00 bits per heavy atom. The highest BCUT2D eigenvalue weighted by molar-refractivity contribution is 6.12. The number of carbonyl (C=O) groups excluding carboxylic acids is 2. The lowest BCUT2D eigenvalue weighted by Gasteiger charge is -2.12. The van der Waals surface area contributed by atoms with Crippen LogP contribution in [-0.4, -0.2) is 23.8 Å². The van der Waals surface area contributed by atoms with E-state index in [1.54, 1.807) is 36.4 Å². The number of rotatable bonds is 6. The molecule has 0 saturated heterocycles. The number of nitrogens with zero attached hydrogens (tertiary/aromatic N) is 1. The molecule has 2 N–H and O–H groups in total. The maximum Gasteiger partial charge on any atom is 0.276 e. The number of hydrogen-bond donors (Lipinski definition) is 2. The Kier molecular flexibility index (Phi) is 6.25. The number of nitro groups is 1. The minimum Gasteiger partial charge on any atom is -0.497 e. The van der Waals surface area contributed by atoms with Gasteiger partial charge in [0.25, 0.3) is 17.5 Å². The molecule has 8 nitrogen and oxygen atoms in total. The van der Waals surface area contributed by atoms with E-state index in [2.05, 4.69) is 10.6 Å². The lowest BCUT2D eigenvalue weighted by atomic mass is 10.1. The first-order valence-corrected chi connectivity index (χ1v) is 9.10. The van der Waals surface area contributed by atoms with Crippen LogP contribution in [0.3, 0.4) is 0 Å². The van der Waals surface area contributed by atoms with Gasteiger partial charge in [-0.3, -0.25) is 19.7 Å². The smallest absolute Gasteiger partial charge is 0.276 e. The van der Waals surface area contributed by atoms with Crippen molar-refractivity contribution in [3.63, 3.8) is 0 Å². The van der Waals surface area contributed by atoms with Gasteiger partial charge >= 0.3 is 0 Å². The summed E-state index contributed by atoms with van der Waals surface area (Å²) in [7, 11) is 1.50. The second kappa shape index (κ2) is 9.04. The summed E-state index contributed by atoms with van der Waals surface area (Å²) in [6, 6.07) is 14.9. The van der Waals surface area contributed by atoms with Crippen LogP contribution in [0.1, 0.15) is 26.3 Å². The molecule has 0 unspecified atom stereocenters. The molecule has 0 aliphatic rings. The molecule has 158 valence electrons. The minimum absolute atomic E-state index is 0.153. The number of methoxy groups -OCH3 is 1. The minimum atomic E-state index is -0.872. The van der Waals surface area contributed by atoms with E-state index in [4.69, 9.17) is 4.74 Å². The van der Waals surface area contributed by atoms with E-state index in [0.29, 0.717) is 11.4 Å². The highest BCUT2D eigenvalue weighted by Gasteiger charge is 2.21. The molecule has 0 spiro atoms. The predicted molar refractivity (Wildman–Crippen MR) is 113 cm³/mol. The fraction of sp³-hybridized carbons (Fsp3) is 0.0909. The fourth-order valence-electron chi connectivity index (χ4n) is 2.87. The van der Waals surface area contributed by atoms with Crippen molar-refractivity contribution in [1.82, 2.24) is 0 Å². The molecule has 0 heterocycles. The SMILES string of the molecule is COc1cccc(NC(=O)c2ccccc2NC(=O)c2cc(F)c(C)c([N+](=O)[O-])c2)c1. The topological polar surface area (TPSA) is 111 Å². The number of amides is 2. The molecule has 2 amide bonds. The highest BCUT2D eigenvalue weighted by Crippen LogP contribution is 2.25. The molecule has 9 heteroatoms. The van der Waals surface area contributed by atoms with Crippen LogP contribution in [0.4, 0.5) is 21.5 Å². The van der Waals surface area contributed by atoms with Gasteiger partial charge in [-0.2, -0.15) is 0 Å². The van der Waals surface area contributed by atoms with Crippen molar-refractivity contribution >= 4 is 28.9 Å². The van der Waals surface area contributed by atoms with Gasteiger partial charge < -0.3 is 15.4 Å². The molecule has 0 atom stereocenters. The fourth-order valence-corrected chi connectivity index (χ4v) is 2.87. The molecule has 0 fully saturated rings. The first kappa shape index (κ1) is 21.4. The number of halogens is 1. The molecular formula is C22H18FN3O5. The van der Waals surface area contributed by atoms with Crippen molar-refractivity contribution in [2.75, 3.05) is 17.7 Å². The second-order valence-corrected chi connectivity index (χ2v) is 6.55. The molecule has 0 radical (unpaired) electrons. The average molecular weight is 423 g/mol. The summed E-state index contributed by atoms with van der Waals surface area (Å²) in [5.41, 5.74) is -0.106. The van der Waals surface area contributed by atoms with E-state index in [-0.39, 0.29) is 22.4 Å². The van der Waals surface area contributed by atoms with Crippen LogP contribution in [0.15, 0.2) is 60.7 Å². The summed E-state index contributed by atoms with van der Waals surface area (Å²) >= 11 is 0. The van der Waals surface area contributed by atoms with Gasteiger partial charge in [-0.05, 0) is 37.3 Å². The van der Waals surface area contributed by atoms with Gasteiger partial charge in [0.1, 0.15) is 11.6 Å². The summed E-state index contributed by atoms with van der Waals surface area (Å²) in [4.78, 5) is 35.7. The standard InChI is InChI=1S/C22H18FN3O5/c1-13-18(23)10-14(11-20(13)26(29)30)21(27)25-19-9-4-3-8-17(19)22(28)24-15-6-5-7-16(12-15)31-2/h3-12H,1-2H3,(H,24,28)(H,25,27). The Morgan fingerprint density at radius 3 is 2.45 bits per heavy atom. The van der Waals surface area contributed by atoms with Crippen molar-refractivity contribution in [3.05, 3.63) is 93.3 Å². The van der Waals surface area contributed by atoms with E-state index < -0.39 is 28.2 Å². The summed E-state index contributed by atoms with van der Waals surface area (Å²) < 4.78 is 19.2. The largest absolute Gasteiger partial charge is 0.497 e. The average Bonchev–Trinajstić information content (AvgIpc) is 2.75. The lowest BCUT2D eigenvalue weighted by Crippen LogP contribution is -2.18. The number of para-hydroxylation sites is 1. The zero-order valence-electron chi connectivity index (χ0n) is 16.6. The normalized spacial score (nSPS) is 10.3. The van der Waals surface area contributed by atoms with E-state index in [9.17, 15) is 24.1 Å². The van der Waals surface area contributed by atoms with Crippen molar-refractivity contribution in [2.24, 2.45) is 0 Å². The van der Waals surface area contributed by atoms with Gasteiger partial charge in [0, 0.05) is 23.4 Å². The number of ether oxygens (including phenoxy) is 1. The van der Waals surface area contributed by atoms with Crippen LogP contribution < -0.4 is 15.4 Å². The molecule has 0 aliphatic heterocycles. The van der Waals surface area contributed by atoms with E-state index in [1.807, 2.05) is 0 Å². The van der Waals surface area contributed by atoms with E-state index in [0.717, 1.165) is 12.1 Å². The zero-order chi connectivity index (χ0) is 22.5. The molecule has 0 bridgehead atoms. The van der Waals surface area contributed by atoms with Gasteiger partial charge in [0.15, 0.2) is 0 Å². The quantitative estimate of drug-likeness (QED) is 0.446. The van der Waals surface area contributed by atoms with Gasteiger partial charge in [0.05, 0.1) is 28.8 Å². The van der Waals surface area contributed by atoms with Crippen LogP contribution in [0, 0.1) is 22.9 Å². The number of anilines is 2. The van der Waals surface area contributed by atoms with E-state index >= 15 is 0 Å². The Morgan fingerprint density at radius 2 is 1.74 bits per heavy atom. The zero-order valence-corrected chi connectivity index (χ0v) is 16.6. The Bertz CT molecular complexity index is 1180. The number of carbonyl (C=O) groups is 2. The summed E-state index contributed by atoms with van der Waals surface area (Å²) in [6.07, 6.45) is 0. The molecular weight excluding hydrogens is 405 g/mol. The van der Waals surface area contributed by atoms with Crippen molar-refractivity contribution in [1.29, 1.82) is 0 Å². The van der Waals surface area contributed by atoms with E-state index in [1.165, 1.54) is 26.2 Å². The molecule has 0 aromatic heterocycles. The van der Waals surface area contributed by atoms with Gasteiger partial charge in [-0.1, -0.05) is 18.2 Å². The summed E-state index contributed by atoms with van der Waals surface area (Å²) in [5, 5.41) is 16.3. The van der Waals surface area contributed by atoms with Crippen LogP contribution >= 0.6 is 0 Å². The number of nitro benzene ring substituents is 1. The molecule has 3 aromatic rings. The van der Waals surface area contributed by atoms with Crippen molar-refractivity contribution in [2.45, 2.75) is 6.92 Å². The maximum atomic E-state index is 14.1. The molecule has 0 saturated carbocycles. The molecule has 3 rings (SSSR count). The second-order valence-electron chi connectivity index (χ2n) is 6.55. The molecule has 3 aromatic carbocycles. The molecule has 0 aliphatic carbocycles. The van der Waals surface area contributed by atoms with Crippen LogP contribution in [0.25, 0.3) is 0 Å². The Labute approximate surface area is 176 Å². The Balaban J connectivity index is 1.86. The lowest BCUT2D eigenvalue weighted by molar-refractivity contribution is -0.385. The third-order valence-electron chi connectivity index (χ3n) is 4.52. The predicted octanol–water partition coefficient (Wildman–Crippen LogP) is 4.56. The highest BCUT2D eigenvalue weighted by atomic mass is 19.1. The first-order valence-electron chi connectivity index (χ1n) is 9.10. The third kappa shape index (κ3) is 4.84. The van der Waals surface area contributed by atoms with Gasteiger partial charge in [0.2, 0.25) is 0 Å². The third-order valence-corrected chi connectivity index (χ3v) is 4.52. The first-order chi connectivity index (χ1) is 14.8. The van der Waals surface area contributed by atoms with Crippen molar-refractivity contribution < 1.29 is 23.6 Å². The monoisotopic (exact) mass is 423 g/mol.